The van der Waals surface area contributed by atoms with Crippen LogP contribution in [0.2, 0.25) is 5.02 Å². The van der Waals surface area contributed by atoms with Gasteiger partial charge in [-0.1, -0.05) is 17.7 Å². The molecule has 5 rings (SSSR count). The van der Waals surface area contributed by atoms with Gasteiger partial charge in [0.1, 0.15) is 11.5 Å². The van der Waals surface area contributed by atoms with Crippen LogP contribution in [0.25, 0.3) is 0 Å². The van der Waals surface area contributed by atoms with Gasteiger partial charge in [0, 0.05) is 48.4 Å². The summed E-state index contributed by atoms with van der Waals surface area (Å²) in [7, 11) is 0. The third-order valence-corrected chi connectivity index (χ3v) is 7.72. The minimum atomic E-state index is -0.566. The van der Waals surface area contributed by atoms with E-state index >= 15 is 0 Å². The molecule has 204 valence electrons. The van der Waals surface area contributed by atoms with E-state index < -0.39 is 5.92 Å². The molecule has 39 heavy (non-hydrogen) atoms. The second-order valence-electron chi connectivity index (χ2n) is 10.2. The molecule has 1 amide bonds. The summed E-state index contributed by atoms with van der Waals surface area (Å²) in [6.45, 7) is 5.88. The third kappa shape index (κ3) is 5.46. The topological polar surface area (TPSA) is 90.9 Å². The van der Waals surface area contributed by atoms with Gasteiger partial charge in [-0.05, 0) is 74.6 Å². The van der Waals surface area contributed by atoms with Gasteiger partial charge in [0.05, 0.1) is 11.6 Å². The molecule has 0 radical (unpaired) electrons. The highest BCUT2D eigenvalue weighted by molar-refractivity contribution is 6.32. The first-order chi connectivity index (χ1) is 18.8. The fraction of sp³-hybridized carbons (Fsp3) is 0.387. The highest BCUT2D eigenvalue weighted by atomic mass is 35.5. The molecule has 2 aromatic rings. The molecule has 0 aromatic heterocycles. The van der Waals surface area contributed by atoms with Crippen molar-refractivity contribution in [3.8, 4) is 11.5 Å². The number of aryl methyl sites for hydroxylation is 2. The van der Waals surface area contributed by atoms with E-state index in [0.29, 0.717) is 72.0 Å². The first-order valence-electron chi connectivity index (χ1n) is 13.4. The number of anilines is 1. The van der Waals surface area contributed by atoms with Gasteiger partial charge in [-0.3, -0.25) is 14.4 Å². The molecule has 2 aliphatic carbocycles. The van der Waals surface area contributed by atoms with Crippen LogP contribution >= 0.6 is 11.6 Å². The third-order valence-electron chi connectivity index (χ3n) is 7.44. The molecule has 0 spiro atoms. The summed E-state index contributed by atoms with van der Waals surface area (Å²) in [6.07, 6.45) is 3.60. The fourth-order valence-electron chi connectivity index (χ4n) is 5.46. The number of carbonyl (C=O) groups excluding carboxylic acids is 3. The number of rotatable bonds is 7. The lowest BCUT2D eigenvalue weighted by Crippen LogP contribution is -2.30. The maximum Gasteiger partial charge on any atom is 0.262 e. The SMILES string of the molecule is CCOc1cc(C2C3=C(CCCC3=O)OC3=C2C(=O)CCC3)cc(Cl)c1OCC(=O)Nc1ccc(C)c(C)c1. The number of halogens is 1. The van der Waals surface area contributed by atoms with Gasteiger partial charge in [-0.2, -0.15) is 0 Å². The molecule has 1 heterocycles. The maximum atomic E-state index is 13.1. The van der Waals surface area contributed by atoms with Crippen LogP contribution in [0.1, 0.15) is 68.1 Å². The first kappa shape index (κ1) is 27.0. The number of hydrogen-bond donors (Lipinski definition) is 1. The Bertz CT molecular complexity index is 1380. The highest BCUT2D eigenvalue weighted by Crippen LogP contribution is 2.50. The van der Waals surface area contributed by atoms with Crippen LogP contribution in [-0.4, -0.2) is 30.7 Å². The van der Waals surface area contributed by atoms with Gasteiger partial charge in [0.15, 0.2) is 29.7 Å². The van der Waals surface area contributed by atoms with Gasteiger partial charge in [-0.15, -0.1) is 0 Å². The van der Waals surface area contributed by atoms with Crippen LogP contribution in [0.15, 0.2) is 53.0 Å². The van der Waals surface area contributed by atoms with E-state index in [1.54, 1.807) is 12.1 Å². The van der Waals surface area contributed by atoms with E-state index in [0.717, 1.165) is 24.0 Å². The molecule has 0 atom stereocenters. The number of ketones is 2. The molecule has 8 heteroatoms. The molecule has 0 saturated carbocycles. The van der Waals surface area contributed by atoms with Crippen molar-refractivity contribution in [1.82, 2.24) is 0 Å². The van der Waals surface area contributed by atoms with E-state index in [1.165, 1.54) is 0 Å². The van der Waals surface area contributed by atoms with Crippen molar-refractivity contribution in [1.29, 1.82) is 0 Å². The number of carbonyl (C=O) groups is 3. The van der Waals surface area contributed by atoms with Crippen molar-refractivity contribution in [2.75, 3.05) is 18.5 Å². The number of amides is 1. The smallest absolute Gasteiger partial charge is 0.262 e. The van der Waals surface area contributed by atoms with Crippen molar-refractivity contribution < 1.29 is 28.6 Å². The van der Waals surface area contributed by atoms with Gasteiger partial charge >= 0.3 is 0 Å². The number of hydrogen-bond acceptors (Lipinski definition) is 6. The number of Topliss-reactive ketones (excluding diaryl/α,β-unsaturated/α-hetero) is 2. The van der Waals surface area contributed by atoms with Crippen LogP contribution < -0.4 is 14.8 Å². The first-order valence-corrected chi connectivity index (χ1v) is 13.8. The lowest BCUT2D eigenvalue weighted by Gasteiger charge is -2.36. The van der Waals surface area contributed by atoms with Gasteiger partial charge in [0.25, 0.3) is 5.91 Å². The Morgan fingerprint density at radius 3 is 2.23 bits per heavy atom. The second kappa shape index (κ2) is 11.3. The Labute approximate surface area is 233 Å². The normalized spacial score (nSPS) is 17.4. The zero-order valence-electron chi connectivity index (χ0n) is 22.4. The largest absolute Gasteiger partial charge is 0.490 e. The lowest BCUT2D eigenvalue weighted by molar-refractivity contribution is -0.119. The summed E-state index contributed by atoms with van der Waals surface area (Å²) < 4.78 is 17.9. The van der Waals surface area contributed by atoms with E-state index in [1.807, 2.05) is 39.0 Å². The molecule has 1 N–H and O–H groups in total. The standard InChI is InChI=1S/C31H32ClNO6/c1-4-37-26-15-19(14-21(32)31(26)38-16-27(36)33-20-12-11-17(2)18(3)13-20)28-29-22(34)7-5-9-24(29)39-25-10-6-8-23(35)30(25)28/h11-15,28H,4-10,16H2,1-3H3,(H,33,36). The minimum Gasteiger partial charge on any atom is -0.490 e. The summed E-state index contributed by atoms with van der Waals surface area (Å²) in [4.78, 5) is 38.9. The zero-order valence-corrected chi connectivity index (χ0v) is 23.2. The predicted molar refractivity (Wildman–Crippen MR) is 148 cm³/mol. The van der Waals surface area contributed by atoms with Crippen LogP contribution in [0.4, 0.5) is 5.69 Å². The van der Waals surface area contributed by atoms with Crippen LogP contribution in [0, 0.1) is 13.8 Å². The molecule has 0 saturated heterocycles. The van der Waals surface area contributed by atoms with Crippen molar-refractivity contribution in [3.63, 3.8) is 0 Å². The molecule has 2 aromatic carbocycles. The Morgan fingerprint density at radius 2 is 1.62 bits per heavy atom. The van der Waals surface area contributed by atoms with Gasteiger partial charge in [0.2, 0.25) is 0 Å². The number of allylic oxidation sites excluding steroid dienone is 4. The van der Waals surface area contributed by atoms with E-state index in [4.69, 9.17) is 25.8 Å². The summed E-state index contributed by atoms with van der Waals surface area (Å²) in [5, 5.41) is 3.07. The van der Waals surface area contributed by atoms with Crippen molar-refractivity contribution in [3.05, 3.63) is 74.7 Å². The molecule has 1 aliphatic heterocycles. The molecule has 0 bridgehead atoms. The second-order valence-corrected chi connectivity index (χ2v) is 10.6. The average Bonchev–Trinajstić information content (AvgIpc) is 2.89. The van der Waals surface area contributed by atoms with Gasteiger partial charge in [-0.25, -0.2) is 0 Å². The number of benzene rings is 2. The fourth-order valence-corrected chi connectivity index (χ4v) is 5.74. The van der Waals surface area contributed by atoms with Crippen LogP contribution in [0.5, 0.6) is 11.5 Å². The van der Waals surface area contributed by atoms with E-state index in [9.17, 15) is 14.4 Å². The summed E-state index contributed by atoms with van der Waals surface area (Å²) in [5.41, 5.74) is 4.64. The Kier molecular flexibility index (Phi) is 7.80. The Hall–Kier alpha value is -3.58. The van der Waals surface area contributed by atoms with Crippen molar-refractivity contribution in [2.24, 2.45) is 0 Å². The van der Waals surface area contributed by atoms with Crippen LogP contribution in [0.3, 0.4) is 0 Å². The number of nitrogens with one attached hydrogen (secondary N) is 1. The average molecular weight is 550 g/mol. The molecular formula is C31H32ClNO6. The molecule has 0 fully saturated rings. The molecule has 7 nitrogen and oxygen atoms in total. The predicted octanol–water partition coefficient (Wildman–Crippen LogP) is 6.50. The summed E-state index contributed by atoms with van der Waals surface area (Å²) >= 11 is 6.72. The molecule has 3 aliphatic rings. The van der Waals surface area contributed by atoms with Crippen LogP contribution in [-0.2, 0) is 19.1 Å². The lowest BCUT2D eigenvalue weighted by atomic mass is 9.73. The minimum absolute atomic E-state index is 0.0106. The van der Waals surface area contributed by atoms with E-state index in [-0.39, 0.29) is 34.9 Å². The van der Waals surface area contributed by atoms with Crippen molar-refractivity contribution in [2.45, 2.75) is 65.2 Å². The van der Waals surface area contributed by atoms with Gasteiger partial charge < -0.3 is 19.5 Å². The summed E-state index contributed by atoms with van der Waals surface area (Å²) in [5.74, 6) is 0.967. The highest BCUT2D eigenvalue weighted by Gasteiger charge is 2.42. The monoisotopic (exact) mass is 549 g/mol. The zero-order chi connectivity index (χ0) is 27.7. The summed E-state index contributed by atoms with van der Waals surface area (Å²) in [6, 6.07) is 9.16. The number of ether oxygens (including phenoxy) is 3. The van der Waals surface area contributed by atoms with Crippen molar-refractivity contribution >= 4 is 34.8 Å². The van der Waals surface area contributed by atoms with E-state index in [2.05, 4.69) is 5.32 Å². The maximum absolute atomic E-state index is 13.1. The molecular weight excluding hydrogens is 518 g/mol. The quantitative estimate of drug-likeness (QED) is 0.424. The molecule has 0 unspecified atom stereocenters. The Morgan fingerprint density at radius 1 is 0.949 bits per heavy atom. The Balaban J connectivity index is 1.46.